The molecule has 0 aliphatic rings. The normalized spacial score (nSPS) is 10.9. The van der Waals surface area contributed by atoms with Crippen LogP contribution in [0.5, 0.6) is 0 Å². The molecule has 16 rings (SSSR count). The van der Waals surface area contributed by atoms with E-state index in [0.29, 0.717) is 0 Å². The summed E-state index contributed by atoms with van der Waals surface area (Å²) in [5, 5.41) is 22.2. The summed E-state index contributed by atoms with van der Waals surface area (Å²) < 4.78 is 0. The van der Waals surface area contributed by atoms with Crippen molar-refractivity contribution in [1.82, 2.24) is 0 Å². The molecular weight excluding hydrogens is 1350 g/mol. The van der Waals surface area contributed by atoms with E-state index >= 15 is 0 Å². The standard InChI is InChI=1S/8C14H16/c1-9-5-11(3)14-8-10(2)6-12(4)13(14)7-9;2*1-9-5-12(4)14-8-11(3)10(2)7-13(14)6-9;1-9-5-7-14-12(4)10(2)6-8-13(14)11(9)3;2*1-9-7-11(3)14-12(4)10(2)5-6-13(14)8-9;2*1-9-5-6-13-7-10(2)11(3)8-14(13)12(9)4/h8*5-8H,1-4H3. The van der Waals surface area contributed by atoms with Crippen LogP contribution >= 0.6 is 0 Å². The highest BCUT2D eigenvalue weighted by Crippen LogP contribution is 2.33. The van der Waals surface area contributed by atoms with Gasteiger partial charge in [-0.25, -0.2) is 0 Å². The smallest absolute Gasteiger partial charge is 0.0123 e. The first-order valence-corrected chi connectivity index (χ1v) is 40.5. The van der Waals surface area contributed by atoms with Gasteiger partial charge in [0.25, 0.3) is 0 Å². The van der Waals surface area contributed by atoms with Crippen LogP contribution in [-0.2, 0) is 0 Å². The van der Waals surface area contributed by atoms with Crippen molar-refractivity contribution in [2.45, 2.75) is 222 Å². The summed E-state index contributed by atoms with van der Waals surface area (Å²) in [4.78, 5) is 0. The van der Waals surface area contributed by atoms with E-state index in [-0.39, 0.29) is 0 Å². The zero-order chi connectivity index (χ0) is 82.3. The van der Waals surface area contributed by atoms with Crippen molar-refractivity contribution in [3.63, 3.8) is 0 Å². The van der Waals surface area contributed by atoms with Crippen LogP contribution in [0.2, 0.25) is 0 Å². The maximum atomic E-state index is 2.30. The van der Waals surface area contributed by atoms with Crippen molar-refractivity contribution in [1.29, 1.82) is 0 Å². The van der Waals surface area contributed by atoms with E-state index < -0.39 is 0 Å². The summed E-state index contributed by atoms with van der Waals surface area (Å²) in [6.07, 6.45) is 0. The minimum atomic E-state index is 1.35. The van der Waals surface area contributed by atoms with Gasteiger partial charge in [-0.05, 0) is 452 Å². The topological polar surface area (TPSA) is 0 Å². The summed E-state index contributed by atoms with van der Waals surface area (Å²) in [6.45, 7) is 69.7. The van der Waals surface area contributed by atoms with Crippen molar-refractivity contribution in [3.05, 3.63) is 372 Å². The number of rotatable bonds is 0. The van der Waals surface area contributed by atoms with E-state index in [0.717, 1.165) is 0 Å². The average molecular weight is 1470 g/mol. The fourth-order valence-electron chi connectivity index (χ4n) is 16.2. The van der Waals surface area contributed by atoms with E-state index in [9.17, 15) is 0 Å². The van der Waals surface area contributed by atoms with E-state index in [2.05, 4.69) is 416 Å². The highest BCUT2D eigenvalue weighted by Gasteiger charge is 2.11. The van der Waals surface area contributed by atoms with E-state index in [4.69, 9.17) is 0 Å². The van der Waals surface area contributed by atoms with Crippen LogP contribution in [0.3, 0.4) is 0 Å². The number of hydrogen-bond acceptors (Lipinski definition) is 0. The fraction of sp³-hybridized carbons (Fsp3) is 0.286. The highest BCUT2D eigenvalue weighted by molar-refractivity contribution is 5.95. The van der Waals surface area contributed by atoms with Gasteiger partial charge < -0.3 is 0 Å². The van der Waals surface area contributed by atoms with Gasteiger partial charge in [-0.15, -0.1) is 0 Å². The average Bonchev–Trinajstić information content (AvgIpc) is 0.790. The van der Waals surface area contributed by atoms with Gasteiger partial charge in [-0.3, -0.25) is 0 Å². The van der Waals surface area contributed by atoms with Crippen LogP contribution in [0, 0.1) is 222 Å². The zero-order valence-corrected chi connectivity index (χ0v) is 74.5. The first-order chi connectivity index (χ1) is 52.7. The molecule has 16 aromatic carbocycles. The Bertz CT molecular complexity index is 5800. The Balaban J connectivity index is 0.000000147. The second kappa shape index (κ2) is 36.4. The van der Waals surface area contributed by atoms with E-state index in [1.165, 1.54) is 264 Å². The molecule has 0 unspecified atom stereocenters. The molecule has 576 valence electrons. The molecule has 0 heteroatoms. The molecule has 0 aliphatic heterocycles. The molecule has 16 aromatic rings. The summed E-state index contributed by atoms with van der Waals surface area (Å²) >= 11 is 0. The molecule has 0 heterocycles. The molecule has 0 spiro atoms. The summed E-state index contributed by atoms with van der Waals surface area (Å²) in [7, 11) is 0. The molecule has 112 heavy (non-hydrogen) atoms. The molecule has 0 atom stereocenters. The van der Waals surface area contributed by atoms with Crippen LogP contribution < -0.4 is 0 Å². The SMILES string of the molecule is Cc1cc(C)c2c(C)c(C)ccc2c1.Cc1cc(C)c2c(C)c(C)ccc2c1.Cc1cc(C)c2cc(C)c(C)cc2c1.Cc1cc(C)c2cc(C)c(C)cc2c1.Cc1cc(C)c2cc(C)cc(C)c2c1.Cc1cc2ccc(C)c(C)c2cc1C.Cc1cc2ccc(C)c(C)c2cc1C.Cc1ccc2c(C)c(C)ccc2c1C. The number of aryl methyl sites for hydroxylation is 32. The second-order valence-corrected chi connectivity index (χ2v) is 33.6. The van der Waals surface area contributed by atoms with Crippen LogP contribution in [-0.4, -0.2) is 0 Å². The van der Waals surface area contributed by atoms with Crippen LogP contribution in [0.1, 0.15) is 178 Å². The third-order valence-electron chi connectivity index (χ3n) is 24.2. The number of benzene rings is 16. The molecule has 0 aromatic heterocycles. The maximum absolute atomic E-state index is 2.30. The fourth-order valence-corrected chi connectivity index (χ4v) is 16.2. The lowest BCUT2D eigenvalue weighted by atomic mass is 9.95. The molecular formula is C112H128. The van der Waals surface area contributed by atoms with Gasteiger partial charge in [-0.2, -0.15) is 0 Å². The van der Waals surface area contributed by atoms with Gasteiger partial charge in [0.2, 0.25) is 0 Å². The van der Waals surface area contributed by atoms with Crippen LogP contribution in [0.15, 0.2) is 194 Å². The molecule has 0 amide bonds. The summed E-state index contributed by atoms with van der Waals surface area (Å²) in [5.74, 6) is 0. The quantitative estimate of drug-likeness (QED) is 0.142. The Kier molecular flexibility index (Phi) is 27.8. The van der Waals surface area contributed by atoms with Crippen molar-refractivity contribution >= 4 is 86.2 Å². The van der Waals surface area contributed by atoms with Gasteiger partial charge >= 0.3 is 0 Å². The molecule has 0 fully saturated rings. The molecule has 0 radical (unpaired) electrons. The van der Waals surface area contributed by atoms with Gasteiger partial charge in [0, 0.05) is 0 Å². The van der Waals surface area contributed by atoms with Gasteiger partial charge in [0.1, 0.15) is 0 Å². The van der Waals surface area contributed by atoms with Gasteiger partial charge in [0.15, 0.2) is 0 Å². The lowest BCUT2D eigenvalue weighted by Gasteiger charge is -2.09. The Labute approximate surface area is 675 Å². The van der Waals surface area contributed by atoms with Crippen molar-refractivity contribution < 1.29 is 0 Å². The lowest BCUT2D eigenvalue weighted by Crippen LogP contribution is -1.88. The summed E-state index contributed by atoms with van der Waals surface area (Å²) in [5.41, 5.74) is 44.1. The molecule has 0 bridgehead atoms. The lowest BCUT2D eigenvalue weighted by molar-refractivity contribution is 1.33. The third-order valence-corrected chi connectivity index (χ3v) is 24.2. The van der Waals surface area contributed by atoms with Gasteiger partial charge in [-0.1, -0.05) is 228 Å². The monoisotopic (exact) mass is 1470 g/mol. The Hall–Kier alpha value is -10.4. The number of fused-ring (bicyclic) bond motifs is 8. The first kappa shape index (κ1) is 85.6. The zero-order valence-electron chi connectivity index (χ0n) is 74.5. The molecule has 0 saturated carbocycles. The van der Waals surface area contributed by atoms with E-state index in [1.807, 2.05) is 0 Å². The molecule has 0 aliphatic carbocycles. The third kappa shape index (κ3) is 20.1. The van der Waals surface area contributed by atoms with Crippen molar-refractivity contribution in [2.75, 3.05) is 0 Å². The van der Waals surface area contributed by atoms with E-state index in [1.54, 1.807) is 0 Å². The molecule has 0 nitrogen and oxygen atoms in total. The van der Waals surface area contributed by atoms with Crippen molar-refractivity contribution in [2.24, 2.45) is 0 Å². The Morgan fingerprint density at radius 2 is 0.312 bits per heavy atom. The van der Waals surface area contributed by atoms with Crippen molar-refractivity contribution in [3.8, 4) is 0 Å². The first-order valence-electron chi connectivity index (χ1n) is 40.5. The number of hydrogen-bond donors (Lipinski definition) is 0. The molecule has 0 N–H and O–H groups in total. The van der Waals surface area contributed by atoms with Gasteiger partial charge in [0.05, 0.1) is 0 Å². The predicted octanol–water partition coefficient (Wildman–Crippen LogP) is 32.6. The second-order valence-electron chi connectivity index (χ2n) is 33.6. The van der Waals surface area contributed by atoms with Crippen LogP contribution in [0.25, 0.3) is 86.2 Å². The maximum Gasteiger partial charge on any atom is -0.0123 e. The molecule has 0 saturated heterocycles. The highest BCUT2D eigenvalue weighted by atomic mass is 14.2. The minimum Gasteiger partial charge on any atom is -0.0584 e. The summed E-state index contributed by atoms with van der Waals surface area (Å²) in [6, 6.07) is 72.0. The van der Waals surface area contributed by atoms with Crippen LogP contribution in [0.4, 0.5) is 0 Å². The Morgan fingerprint density at radius 3 is 0.616 bits per heavy atom. The minimum absolute atomic E-state index is 1.35. The predicted molar refractivity (Wildman–Crippen MR) is 503 cm³/mol. The largest absolute Gasteiger partial charge is 0.0584 e. The Morgan fingerprint density at radius 1 is 0.107 bits per heavy atom.